The molecular weight excluding hydrogens is 484 g/mol. The van der Waals surface area contributed by atoms with E-state index in [1.54, 1.807) is 43.1 Å². The van der Waals surface area contributed by atoms with Crippen LogP contribution in [0, 0.1) is 6.92 Å². The molecular formula is C28H30N6O4. The topological polar surface area (TPSA) is 101 Å². The zero-order valence-corrected chi connectivity index (χ0v) is 21.9. The number of nitrogens with one attached hydrogen (secondary N) is 1. The molecule has 38 heavy (non-hydrogen) atoms. The van der Waals surface area contributed by atoms with Crippen LogP contribution in [0.5, 0.6) is 11.5 Å². The van der Waals surface area contributed by atoms with E-state index in [1.165, 1.54) is 0 Å². The van der Waals surface area contributed by atoms with Crippen molar-refractivity contribution in [2.75, 3.05) is 52.8 Å². The van der Waals surface area contributed by atoms with Gasteiger partial charge >= 0.3 is 0 Å². The Balaban J connectivity index is 1.36. The number of amides is 2. The second-order valence-corrected chi connectivity index (χ2v) is 9.28. The van der Waals surface area contributed by atoms with Gasteiger partial charge in [-0.3, -0.25) is 9.59 Å². The highest BCUT2D eigenvalue weighted by atomic mass is 16.5. The van der Waals surface area contributed by atoms with Crippen molar-refractivity contribution in [2.45, 2.75) is 6.92 Å². The number of nitrogens with zero attached hydrogens (tertiary/aromatic N) is 5. The summed E-state index contributed by atoms with van der Waals surface area (Å²) >= 11 is 0. The molecule has 1 fully saturated rings. The number of benzene rings is 2. The van der Waals surface area contributed by atoms with Crippen molar-refractivity contribution in [1.29, 1.82) is 0 Å². The number of hydrogen-bond acceptors (Lipinski definition) is 7. The summed E-state index contributed by atoms with van der Waals surface area (Å²) < 4.78 is 12.4. The molecule has 0 spiro atoms. The van der Waals surface area contributed by atoms with Gasteiger partial charge in [0.25, 0.3) is 11.8 Å². The maximum atomic E-state index is 13.1. The number of aryl methyl sites for hydroxylation is 1. The molecule has 1 saturated heterocycles. The van der Waals surface area contributed by atoms with Crippen LogP contribution in [0.25, 0.3) is 16.9 Å². The van der Waals surface area contributed by atoms with Gasteiger partial charge in [0.1, 0.15) is 0 Å². The molecule has 10 nitrogen and oxygen atoms in total. The molecule has 0 radical (unpaired) electrons. The minimum Gasteiger partial charge on any atom is -0.493 e. The summed E-state index contributed by atoms with van der Waals surface area (Å²) in [7, 11) is 5.22. The molecule has 2 amide bonds. The maximum absolute atomic E-state index is 13.1. The fourth-order valence-electron chi connectivity index (χ4n) is 4.54. The van der Waals surface area contributed by atoms with Gasteiger partial charge in [0.15, 0.2) is 22.8 Å². The molecule has 0 aliphatic carbocycles. The molecule has 196 valence electrons. The molecule has 2 aromatic carbocycles. The van der Waals surface area contributed by atoms with Crippen LogP contribution in [0.2, 0.25) is 0 Å². The molecule has 1 aliphatic rings. The van der Waals surface area contributed by atoms with Crippen molar-refractivity contribution in [2.24, 2.45) is 0 Å². The standard InChI is InChI=1S/C28H30N6O4/c1-18-15-20(28(36)33-13-11-32(2)12-14-33)5-7-21(18)30-27(35)22-17-26-29-10-9-23(34(26)31-22)19-6-8-24(37-3)25(16-19)38-4/h5-10,15-17H,11-14H2,1-4H3,(H,30,35). The van der Waals surface area contributed by atoms with Gasteiger partial charge in [0.05, 0.1) is 19.9 Å². The predicted molar refractivity (Wildman–Crippen MR) is 144 cm³/mol. The third-order valence-corrected chi connectivity index (χ3v) is 6.78. The number of rotatable bonds is 6. The van der Waals surface area contributed by atoms with Crippen LogP contribution in [0.4, 0.5) is 5.69 Å². The van der Waals surface area contributed by atoms with Crippen molar-refractivity contribution < 1.29 is 19.1 Å². The van der Waals surface area contributed by atoms with Gasteiger partial charge in [-0.1, -0.05) is 0 Å². The molecule has 0 unspecified atom stereocenters. The van der Waals surface area contributed by atoms with Gasteiger partial charge in [-0.2, -0.15) is 5.10 Å². The lowest BCUT2D eigenvalue weighted by molar-refractivity contribution is 0.0664. The number of fused-ring (bicyclic) bond motifs is 1. The fraction of sp³-hybridized carbons (Fsp3) is 0.286. The smallest absolute Gasteiger partial charge is 0.276 e. The van der Waals surface area contributed by atoms with E-state index in [4.69, 9.17) is 9.47 Å². The first-order chi connectivity index (χ1) is 18.4. The Hall–Kier alpha value is -4.44. The number of methoxy groups -OCH3 is 2. The van der Waals surface area contributed by atoms with E-state index < -0.39 is 0 Å². The number of piperazine rings is 1. The molecule has 2 aromatic heterocycles. The second-order valence-electron chi connectivity index (χ2n) is 9.28. The maximum Gasteiger partial charge on any atom is 0.276 e. The summed E-state index contributed by atoms with van der Waals surface area (Å²) in [5, 5.41) is 7.45. The third kappa shape index (κ3) is 4.90. The number of carbonyl (C=O) groups is 2. The van der Waals surface area contributed by atoms with Crippen LogP contribution < -0.4 is 14.8 Å². The number of aromatic nitrogens is 3. The lowest BCUT2D eigenvalue weighted by Gasteiger charge is -2.32. The first-order valence-electron chi connectivity index (χ1n) is 12.3. The average molecular weight is 515 g/mol. The van der Waals surface area contributed by atoms with Gasteiger partial charge in [0, 0.05) is 55.3 Å². The van der Waals surface area contributed by atoms with Crippen LogP contribution in [0.15, 0.2) is 54.7 Å². The molecule has 10 heteroatoms. The third-order valence-electron chi connectivity index (χ3n) is 6.78. The molecule has 0 bridgehead atoms. The average Bonchev–Trinajstić information content (AvgIpc) is 3.38. The number of likely N-dealkylation sites (N-methyl/N-ethyl adjacent to an activating group) is 1. The Bertz CT molecular complexity index is 1510. The van der Waals surface area contributed by atoms with Crippen LogP contribution in [0.3, 0.4) is 0 Å². The largest absolute Gasteiger partial charge is 0.493 e. The van der Waals surface area contributed by atoms with Crippen LogP contribution in [0.1, 0.15) is 26.4 Å². The fourth-order valence-corrected chi connectivity index (χ4v) is 4.54. The Kier molecular flexibility index (Phi) is 6.97. The molecule has 1 N–H and O–H groups in total. The number of hydrogen-bond donors (Lipinski definition) is 1. The summed E-state index contributed by atoms with van der Waals surface area (Å²) in [4.78, 5) is 34.5. The molecule has 3 heterocycles. The normalized spacial score (nSPS) is 13.9. The number of ether oxygens (including phenoxy) is 2. The summed E-state index contributed by atoms with van der Waals surface area (Å²) in [6.45, 7) is 5.01. The summed E-state index contributed by atoms with van der Waals surface area (Å²) in [6, 6.07) is 14.4. The first-order valence-corrected chi connectivity index (χ1v) is 12.3. The van der Waals surface area contributed by atoms with Crippen molar-refractivity contribution >= 4 is 23.1 Å². The molecule has 1 aliphatic heterocycles. The molecule has 0 saturated carbocycles. The van der Waals surface area contributed by atoms with Gasteiger partial charge in [0.2, 0.25) is 0 Å². The second kappa shape index (κ2) is 10.5. The first kappa shape index (κ1) is 25.2. The number of carbonyl (C=O) groups excluding carboxylic acids is 2. The van der Waals surface area contributed by atoms with E-state index in [0.29, 0.717) is 41.5 Å². The number of anilines is 1. The van der Waals surface area contributed by atoms with E-state index in [2.05, 4.69) is 27.3 Å². The van der Waals surface area contributed by atoms with E-state index in [-0.39, 0.29) is 17.5 Å². The highest BCUT2D eigenvalue weighted by molar-refractivity contribution is 6.04. The predicted octanol–water partition coefficient (Wildman–Crippen LogP) is 3.36. The zero-order chi connectivity index (χ0) is 26.8. The Labute approximate surface area is 220 Å². The van der Waals surface area contributed by atoms with Crippen molar-refractivity contribution in [1.82, 2.24) is 24.4 Å². The Morgan fingerprint density at radius 3 is 2.39 bits per heavy atom. The monoisotopic (exact) mass is 514 g/mol. The minimum absolute atomic E-state index is 0.00759. The summed E-state index contributed by atoms with van der Waals surface area (Å²) in [6.07, 6.45) is 1.67. The molecule has 0 atom stereocenters. The minimum atomic E-state index is -0.366. The quantitative estimate of drug-likeness (QED) is 0.421. The van der Waals surface area contributed by atoms with Gasteiger partial charge in [-0.15, -0.1) is 0 Å². The van der Waals surface area contributed by atoms with E-state index in [1.807, 2.05) is 42.2 Å². The summed E-state index contributed by atoms with van der Waals surface area (Å²) in [5.74, 6) is 0.849. The lowest BCUT2D eigenvalue weighted by Crippen LogP contribution is -2.47. The molecule has 5 rings (SSSR count). The Morgan fingerprint density at radius 1 is 0.921 bits per heavy atom. The van der Waals surface area contributed by atoms with E-state index >= 15 is 0 Å². The Morgan fingerprint density at radius 2 is 1.68 bits per heavy atom. The van der Waals surface area contributed by atoms with Crippen molar-refractivity contribution in [3.8, 4) is 22.8 Å². The van der Waals surface area contributed by atoms with Crippen molar-refractivity contribution in [3.05, 3.63) is 71.5 Å². The highest BCUT2D eigenvalue weighted by Crippen LogP contribution is 2.32. The van der Waals surface area contributed by atoms with E-state index in [0.717, 1.165) is 29.9 Å². The zero-order valence-electron chi connectivity index (χ0n) is 21.9. The van der Waals surface area contributed by atoms with Crippen LogP contribution in [-0.2, 0) is 0 Å². The van der Waals surface area contributed by atoms with Crippen molar-refractivity contribution in [3.63, 3.8) is 0 Å². The van der Waals surface area contributed by atoms with Crippen LogP contribution in [-0.4, -0.2) is 83.7 Å². The highest BCUT2D eigenvalue weighted by Gasteiger charge is 2.21. The van der Waals surface area contributed by atoms with Gasteiger partial charge in [-0.05, 0) is 62.0 Å². The van der Waals surface area contributed by atoms with Gasteiger partial charge < -0.3 is 24.6 Å². The summed E-state index contributed by atoms with van der Waals surface area (Å²) in [5.41, 5.74) is 4.37. The molecule has 4 aromatic rings. The van der Waals surface area contributed by atoms with Gasteiger partial charge in [-0.25, -0.2) is 9.50 Å². The SMILES string of the molecule is COc1ccc(-c2ccnc3cc(C(=O)Nc4ccc(C(=O)N5CCN(C)CC5)cc4C)nn23)cc1OC. The van der Waals surface area contributed by atoms with Crippen LogP contribution >= 0.6 is 0 Å². The van der Waals surface area contributed by atoms with E-state index in [9.17, 15) is 9.59 Å². The lowest BCUT2D eigenvalue weighted by atomic mass is 10.1.